The largest absolute Gasteiger partial charge is 0.365 e. The summed E-state index contributed by atoms with van der Waals surface area (Å²) >= 11 is 0. The van der Waals surface area contributed by atoms with Crippen molar-refractivity contribution in [1.29, 1.82) is 0 Å². The molecule has 1 fully saturated rings. The van der Waals surface area contributed by atoms with Crippen molar-refractivity contribution in [2.75, 3.05) is 13.1 Å². The number of nitrogens with one attached hydrogen (secondary N) is 1. The monoisotopic (exact) mass is 432 g/mol. The minimum atomic E-state index is -0.492. The van der Waals surface area contributed by atoms with Gasteiger partial charge in [0.15, 0.2) is 0 Å². The summed E-state index contributed by atoms with van der Waals surface area (Å²) in [5, 5.41) is 11.5. The number of carbonyl (C=O) groups is 2. The fraction of sp³-hybridized carbons (Fsp3) is 0.348. The molecule has 1 atom stereocenters. The predicted molar refractivity (Wildman–Crippen MR) is 115 cm³/mol. The third kappa shape index (κ3) is 3.99. The normalized spacial score (nSPS) is 20.1. The number of likely N-dealkylation sites (tertiary alicyclic amines) is 1. The summed E-state index contributed by atoms with van der Waals surface area (Å²) in [6.07, 6.45) is 3.32. The Hall–Kier alpha value is -3.59. The second-order valence-electron chi connectivity index (χ2n) is 8.21. The minimum Gasteiger partial charge on any atom is -0.365 e. The molecular weight excluding hydrogens is 408 g/mol. The molecule has 1 unspecified atom stereocenters. The van der Waals surface area contributed by atoms with Crippen molar-refractivity contribution >= 4 is 11.8 Å². The lowest BCUT2D eigenvalue weighted by molar-refractivity contribution is -0.122. The Morgan fingerprint density at radius 2 is 1.94 bits per heavy atom. The molecule has 2 amide bonds. The highest BCUT2D eigenvalue weighted by molar-refractivity contribution is 5.94. The van der Waals surface area contributed by atoms with Crippen molar-refractivity contribution < 1.29 is 14.3 Å². The standard InChI is InChI=1S/C23H24N6O3/c30-21(17-7-2-1-3-8-17)25-13-19-20-14-32-23(16-29(20)27-26-19)10-6-12-28(15-23)22(31)18-9-4-5-11-24-18/h1-5,7-9,11H,6,10,12-16H2,(H,25,30). The number of fused-ring (bicyclic) bond motifs is 1. The number of benzene rings is 1. The first kappa shape index (κ1) is 20.3. The summed E-state index contributed by atoms with van der Waals surface area (Å²) in [5.41, 5.74) is 2.11. The topological polar surface area (TPSA) is 102 Å². The van der Waals surface area contributed by atoms with Crippen LogP contribution in [-0.2, 0) is 24.4 Å². The number of amides is 2. The summed E-state index contributed by atoms with van der Waals surface area (Å²) in [6.45, 7) is 2.32. The average Bonchev–Trinajstić information content (AvgIpc) is 3.24. The van der Waals surface area contributed by atoms with E-state index in [0.717, 1.165) is 18.5 Å². The van der Waals surface area contributed by atoms with E-state index in [4.69, 9.17) is 4.74 Å². The van der Waals surface area contributed by atoms with Crippen LogP contribution in [-0.4, -0.2) is 55.4 Å². The van der Waals surface area contributed by atoms with E-state index in [1.165, 1.54) is 0 Å². The molecule has 2 aliphatic heterocycles. The van der Waals surface area contributed by atoms with Gasteiger partial charge in [-0.2, -0.15) is 0 Å². The first-order chi connectivity index (χ1) is 15.6. The van der Waals surface area contributed by atoms with Gasteiger partial charge in [-0.25, -0.2) is 4.68 Å². The highest BCUT2D eigenvalue weighted by Gasteiger charge is 2.42. The van der Waals surface area contributed by atoms with E-state index < -0.39 is 5.60 Å². The Balaban J connectivity index is 1.25. The predicted octanol–water partition coefficient (Wildman–Crippen LogP) is 1.81. The maximum Gasteiger partial charge on any atom is 0.272 e. The molecule has 0 saturated carbocycles. The van der Waals surface area contributed by atoms with Crippen LogP contribution in [0.15, 0.2) is 54.7 Å². The van der Waals surface area contributed by atoms with Crippen LogP contribution in [0.3, 0.4) is 0 Å². The lowest BCUT2D eigenvalue weighted by atomic mass is 9.91. The van der Waals surface area contributed by atoms with Crippen LogP contribution in [0.1, 0.15) is 45.1 Å². The third-order valence-corrected chi connectivity index (χ3v) is 6.03. The molecule has 0 radical (unpaired) electrons. The average molecular weight is 432 g/mol. The van der Waals surface area contributed by atoms with Gasteiger partial charge in [-0.1, -0.05) is 29.5 Å². The number of pyridine rings is 1. The van der Waals surface area contributed by atoms with Gasteiger partial charge in [0, 0.05) is 18.3 Å². The van der Waals surface area contributed by atoms with Crippen molar-refractivity contribution in [2.45, 2.75) is 38.1 Å². The Kier molecular flexibility index (Phi) is 5.40. The first-order valence-corrected chi connectivity index (χ1v) is 10.7. The van der Waals surface area contributed by atoms with Gasteiger partial charge in [-0.15, -0.1) is 5.10 Å². The lowest BCUT2D eigenvalue weighted by Gasteiger charge is -2.44. The van der Waals surface area contributed by atoms with E-state index >= 15 is 0 Å². The van der Waals surface area contributed by atoms with E-state index in [1.807, 2.05) is 33.8 Å². The summed E-state index contributed by atoms with van der Waals surface area (Å²) < 4.78 is 8.16. The fourth-order valence-electron chi connectivity index (χ4n) is 4.36. The van der Waals surface area contributed by atoms with Crippen molar-refractivity contribution in [3.05, 3.63) is 77.4 Å². The van der Waals surface area contributed by atoms with Crippen LogP contribution in [0.4, 0.5) is 0 Å². The zero-order valence-electron chi connectivity index (χ0n) is 17.6. The summed E-state index contributed by atoms with van der Waals surface area (Å²) in [5.74, 6) is -0.238. The van der Waals surface area contributed by atoms with Gasteiger partial charge < -0.3 is 15.0 Å². The molecular formula is C23H24N6O3. The van der Waals surface area contributed by atoms with E-state index in [9.17, 15) is 9.59 Å². The Morgan fingerprint density at radius 1 is 1.09 bits per heavy atom. The van der Waals surface area contributed by atoms with Crippen molar-refractivity contribution in [3.8, 4) is 0 Å². The van der Waals surface area contributed by atoms with Gasteiger partial charge >= 0.3 is 0 Å². The number of ether oxygens (including phenoxy) is 1. The molecule has 32 heavy (non-hydrogen) atoms. The quantitative estimate of drug-likeness (QED) is 0.675. The maximum absolute atomic E-state index is 12.9. The van der Waals surface area contributed by atoms with Crippen molar-refractivity contribution in [3.63, 3.8) is 0 Å². The van der Waals surface area contributed by atoms with Crippen LogP contribution >= 0.6 is 0 Å². The van der Waals surface area contributed by atoms with Gasteiger partial charge in [0.05, 0.1) is 31.9 Å². The second kappa shape index (κ2) is 8.51. The molecule has 2 aliphatic rings. The number of carbonyl (C=O) groups excluding carboxylic acids is 2. The molecule has 3 aromatic rings. The summed E-state index contributed by atoms with van der Waals surface area (Å²) in [7, 11) is 0. The highest BCUT2D eigenvalue weighted by Crippen LogP contribution is 2.32. The zero-order chi connectivity index (χ0) is 22.0. The van der Waals surface area contributed by atoms with E-state index in [-0.39, 0.29) is 18.4 Å². The van der Waals surface area contributed by atoms with Crippen LogP contribution in [0.25, 0.3) is 0 Å². The SMILES string of the molecule is O=C(NCc1nnn2c1COC1(CCCN(C(=O)c3ccccn3)C1)C2)c1ccccc1. The molecule has 1 aromatic carbocycles. The van der Waals surface area contributed by atoms with Crippen LogP contribution in [0.5, 0.6) is 0 Å². The van der Waals surface area contributed by atoms with Crippen LogP contribution in [0, 0.1) is 0 Å². The molecule has 2 aromatic heterocycles. The molecule has 9 nitrogen and oxygen atoms in total. The Bertz CT molecular complexity index is 1120. The number of piperidine rings is 1. The smallest absolute Gasteiger partial charge is 0.272 e. The van der Waals surface area contributed by atoms with Gasteiger partial charge in [-0.05, 0) is 37.1 Å². The number of rotatable bonds is 4. The van der Waals surface area contributed by atoms with Crippen molar-refractivity contribution in [1.82, 2.24) is 30.2 Å². The first-order valence-electron chi connectivity index (χ1n) is 10.7. The number of hydrogen-bond donors (Lipinski definition) is 1. The van der Waals surface area contributed by atoms with E-state index in [2.05, 4.69) is 20.6 Å². The molecule has 5 rings (SSSR count). The molecule has 0 aliphatic carbocycles. The third-order valence-electron chi connectivity index (χ3n) is 6.03. The summed E-state index contributed by atoms with van der Waals surface area (Å²) in [4.78, 5) is 31.2. The molecule has 0 bridgehead atoms. The molecule has 164 valence electrons. The minimum absolute atomic E-state index is 0.0815. The summed E-state index contributed by atoms with van der Waals surface area (Å²) in [6, 6.07) is 14.4. The van der Waals surface area contributed by atoms with Crippen LogP contribution < -0.4 is 5.32 Å². The van der Waals surface area contributed by atoms with Gasteiger partial charge in [0.2, 0.25) is 0 Å². The Labute approximate surface area is 185 Å². The molecule has 1 saturated heterocycles. The second-order valence-corrected chi connectivity index (χ2v) is 8.21. The number of hydrogen-bond acceptors (Lipinski definition) is 6. The molecule has 4 heterocycles. The van der Waals surface area contributed by atoms with E-state index in [0.29, 0.717) is 43.2 Å². The maximum atomic E-state index is 12.9. The molecule has 1 spiro atoms. The van der Waals surface area contributed by atoms with Crippen molar-refractivity contribution in [2.24, 2.45) is 0 Å². The van der Waals surface area contributed by atoms with Gasteiger partial charge in [0.1, 0.15) is 17.0 Å². The van der Waals surface area contributed by atoms with Gasteiger partial charge in [-0.3, -0.25) is 14.6 Å². The lowest BCUT2D eigenvalue weighted by Crippen LogP contribution is -2.55. The highest BCUT2D eigenvalue weighted by atomic mass is 16.5. The van der Waals surface area contributed by atoms with Crippen LogP contribution in [0.2, 0.25) is 0 Å². The number of aromatic nitrogens is 4. The molecule has 1 N–H and O–H groups in total. The number of nitrogens with zero attached hydrogens (tertiary/aromatic N) is 5. The zero-order valence-corrected chi connectivity index (χ0v) is 17.6. The fourth-order valence-corrected chi connectivity index (χ4v) is 4.36. The van der Waals surface area contributed by atoms with Gasteiger partial charge in [0.25, 0.3) is 11.8 Å². The molecule has 9 heteroatoms. The Morgan fingerprint density at radius 3 is 2.75 bits per heavy atom. The van der Waals surface area contributed by atoms with E-state index in [1.54, 1.807) is 30.5 Å².